The van der Waals surface area contributed by atoms with Gasteiger partial charge < -0.3 is 11.1 Å². The summed E-state index contributed by atoms with van der Waals surface area (Å²) in [5, 5.41) is 3.12. The average Bonchev–Trinajstić information content (AvgIpc) is 2.82. The van der Waals surface area contributed by atoms with Crippen LogP contribution < -0.4 is 11.1 Å². The van der Waals surface area contributed by atoms with Gasteiger partial charge in [0.05, 0.1) is 12.1 Å². The lowest BCUT2D eigenvalue weighted by Crippen LogP contribution is -2.36. The Morgan fingerprint density at radius 3 is 2.89 bits per heavy atom. The first-order valence-corrected chi connectivity index (χ1v) is 6.81. The highest BCUT2D eigenvalue weighted by atomic mass is 16.1. The molecule has 3 N–H and O–H groups in total. The Morgan fingerprint density at radius 2 is 2.21 bits per heavy atom. The van der Waals surface area contributed by atoms with Gasteiger partial charge in [-0.2, -0.15) is 0 Å². The minimum absolute atomic E-state index is 0.0272. The van der Waals surface area contributed by atoms with Crippen LogP contribution in [0.2, 0.25) is 0 Å². The van der Waals surface area contributed by atoms with Crippen LogP contribution in [0.3, 0.4) is 0 Å². The molecule has 3 nitrogen and oxygen atoms in total. The van der Waals surface area contributed by atoms with Crippen molar-refractivity contribution in [2.45, 2.75) is 32.2 Å². The van der Waals surface area contributed by atoms with Crippen molar-refractivity contribution < 1.29 is 4.79 Å². The van der Waals surface area contributed by atoms with Crippen molar-refractivity contribution >= 4 is 5.91 Å². The van der Waals surface area contributed by atoms with Gasteiger partial charge in [0.25, 0.3) is 5.91 Å². The lowest BCUT2D eigenvalue weighted by atomic mass is 10.0. The van der Waals surface area contributed by atoms with Crippen LogP contribution >= 0.6 is 0 Å². The topological polar surface area (TPSA) is 55.1 Å². The molecule has 0 bridgehead atoms. The van der Waals surface area contributed by atoms with Gasteiger partial charge in [0, 0.05) is 11.6 Å². The Hall–Kier alpha value is -1.79. The van der Waals surface area contributed by atoms with E-state index in [0.717, 1.165) is 12.0 Å². The SMILES string of the molecule is CC1CCCC1NC(=O)c1ccccc1C#CCN. The molecule has 3 heteroatoms. The number of nitrogens with two attached hydrogens (primary N) is 1. The predicted octanol–water partition coefficient (Wildman–Crippen LogP) is 1.92. The second-order valence-corrected chi connectivity index (χ2v) is 5.04. The van der Waals surface area contributed by atoms with Crippen molar-refractivity contribution in [3.8, 4) is 11.8 Å². The third-order valence-electron chi connectivity index (χ3n) is 3.67. The molecule has 19 heavy (non-hydrogen) atoms. The molecule has 0 aliphatic heterocycles. The van der Waals surface area contributed by atoms with Crippen LogP contribution in [0.15, 0.2) is 24.3 Å². The number of carbonyl (C=O) groups is 1. The summed E-state index contributed by atoms with van der Waals surface area (Å²) >= 11 is 0. The summed E-state index contributed by atoms with van der Waals surface area (Å²) in [6, 6.07) is 7.71. The molecule has 0 heterocycles. The molecule has 1 amide bonds. The maximum absolute atomic E-state index is 12.3. The fourth-order valence-electron chi connectivity index (χ4n) is 2.54. The standard InChI is InChI=1S/C16H20N2O/c1-12-6-4-10-15(12)18-16(19)14-9-3-2-7-13(14)8-5-11-17/h2-3,7,9,12,15H,4,6,10-11,17H2,1H3,(H,18,19). The molecule has 1 aromatic rings. The molecule has 1 aliphatic rings. The molecule has 0 saturated heterocycles. The third-order valence-corrected chi connectivity index (χ3v) is 3.67. The lowest BCUT2D eigenvalue weighted by molar-refractivity contribution is 0.0929. The van der Waals surface area contributed by atoms with Gasteiger partial charge in [0.1, 0.15) is 0 Å². The van der Waals surface area contributed by atoms with Gasteiger partial charge in [-0.1, -0.05) is 37.3 Å². The maximum atomic E-state index is 12.3. The van der Waals surface area contributed by atoms with E-state index in [4.69, 9.17) is 5.73 Å². The minimum Gasteiger partial charge on any atom is -0.349 e. The number of hydrogen-bond acceptors (Lipinski definition) is 2. The van der Waals surface area contributed by atoms with Crippen LogP contribution in [0.1, 0.15) is 42.1 Å². The molecule has 0 radical (unpaired) electrons. The first-order chi connectivity index (χ1) is 9.22. The molecule has 1 fully saturated rings. The van der Waals surface area contributed by atoms with E-state index < -0.39 is 0 Å². The fraction of sp³-hybridized carbons (Fsp3) is 0.438. The van der Waals surface area contributed by atoms with Crippen molar-refractivity contribution in [2.24, 2.45) is 11.7 Å². The molecule has 0 spiro atoms. The molecule has 1 aliphatic carbocycles. The van der Waals surface area contributed by atoms with Crippen molar-refractivity contribution in [3.05, 3.63) is 35.4 Å². The van der Waals surface area contributed by atoms with Gasteiger partial charge in [0.2, 0.25) is 0 Å². The molecule has 2 atom stereocenters. The van der Waals surface area contributed by atoms with Gasteiger partial charge in [0.15, 0.2) is 0 Å². The van der Waals surface area contributed by atoms with Crippen molar-refractivity contribution in [3.63, 3.8) is 0 Å². The van der Waals surface area contributed by atoms with E-state index >= 15 is 0 Å². The molecular formula is C16H20N2O. The second kappa shape index (κ2) is 6.40. The highest BCUT2D eigenvalue weighted by Gasteiger charge is 2.25. The number of nitrogens with one attached hydrogen (secondary N) is 1. The molecule has 1 saturated carbocycles. The van der Waals surface area contributed by atoms with Gasteiger partial charge in [-0.25, -0.2) is 0 Å². The average molecular weight is 256 g/mol. The maximum Gasteiger partial charge on any atom is 0.252 e. The second-order valence-electron chi connectivity index (χ2n) is 5.04. The molecule has 2 unspecified atom stereocenters. The van der Waals surface area contributed by atoms with E-state index in [1.165, 1.54) is 12.8 Å². The minimum atomic E-state index is -0.0272. The Morgan fingerprint density at radius 1 is 1.42 bits per heavy atom. The van der Waals surface area contributed by atoms with Crippen LogP contribution in [0.5, 0.6) is 0 Å². The first kappa shape index (κ1) is 13.6. The Balaban J connectivity index is 2.14. The summed E-state index contributed by atoms with van der Waals surface area (Å²) in [6.07, 6.45) is 3.46. The van der Waals surface area contributed by atoms with Crippen molar-refractivity contribution in [1.82, 2.24) is 5.32 Å². The fourth-order valence-corrected chi connectivity index (χ4v) is 2.54. The van der Waals surface area contributed by atoms with Gasteiger partial charge >= 0.3 is 0 Å². The van der Waals surface area contributed by atoms with Crippen LogP contribution in [0.4, 0.5) is 0 Å². The molecule has 0 aromatic heterocycles. The Bertz CT molecular complexity index is 513. The zero-order valence-corrected chi connectivity index (χ0v) is 11.3. The van der Waals surface area contributed by atoms with Crippen molar-refractivity contribution in [1.29, 1.82) is 0 Å². The quantitative estimate of drug-likeness (QED) is 0.794. The monoisotopic (exact) mass is 256 g/mol. The summed E-state index contributed by atoms with van der Waals surface area (Å²) < 4.78 is 0. The van der Waals surface area contributed by atoms with Gasteiger partial charge in [-0.15, -0.1) is 0 Å². The highest BCUT2D eigenvalue weighted by molar-refractivity contribution is 5.96. The van der Waals surface area contributed by atoms with Crippen LogP contribution in [0, 0.1) is 17.8 Å². The van der Waals surface area contributed by atoms with Gasteiger partial charge in [-0.3, -0.25) is 4.79 Å². The molecule has 100 valence electrons. The zero-order chi connectivity index (χ0) is 13.7. The summed E-state index contributed by atoms with van der Waals surface area (Å²) in [6.45, 7) is 2.49. The zero-order valence-electron chi connectivity index (χ0n) is 11.3. The number of rotatable bonds is 2. The van der Waals surface area contributed by atoms with Crippen molar-refractivity contribution in [2.75, 3.05) is 6.54 Å². The summed E-state index contributed by atoms with van der Waals surface area (Å²) in [5.74, 6) is 6.29. The van der Waals surface area contributed by atoms with Gasteiger partial charge in [-0.05, 0) is 30.9 Å². The lowest BCUT2D eigenvalue weighted by Gasteiger charge is -2.17. The number of hydrogen-bond donors (Lipinski definition) is 2. The summed E-state index contributed by atoms with van der Waals surface area (Å²) in [7, 11) is 0. The van der Waals surface area contributed by atoms with E-state index in [-0.39, 0.29) is 5.91 Å². The summed E-state index contributed by atoms with van der Waals surface area (Å²) in [5.41, 5.74) is 6.77. The third kappa shape index (κ3) is 3.36. The van der Waals surface area contributed by atoms with Crippen LogP contribution in [0.25, 0.3) is 0 Å². The number of benzene rings is 1. The van der Waals surface area contributed by atoms with E-state index in [1.807, 2.05) is 24.3 Å². The largest absolute Gasteiger partial charge is 0.349 e. The van der Waals surface area contributed by atoms with Crippen LogP contribution in [-0.4, -0.2) is 18.5 Å². The Labute approximate surface area is 114 Å². The van der Waals surface area contributed by atoms with E-state index in [0.29, 0.717) is 24.1 Å². The van der Waals surface area contributed by atoms with E-state index in [1.54, 1.807) is 0 Å². The molecule has 2 rings (SSSR count). The van der Waals surface area contributed by atoms with E-state index in [2.05, 4.69) is 24.1 Å². The smallest absolute Gasteiger partial charge is 0.252 e. The number of carbonyl (C=O) groups excluding carboxylic acids is 1. The Kier molecular flexibility index (Phi) is 4.59. The summed E-state index contributed by atoms with van der Waals surface area (Å²) in [4.78, 5) is 12.3. The molecular weight excluding hydrogens is 236 g/mol. The normalized spacial score (nSPS) is 21.6. The number of amides is 1. The molecule has 1 aromatic carbocycles. The van der Waals surface area contributed by atoms with E-state index in [9.17, 15) is 4.79 Å². The first-order valence-electron chi connectivity index (χ1n) is 6.81. The van der Waals surface area contributed by atoms with Crippen LogP contribution in [-0.2, 0) is 0 Å². The highest BCUT2D eigenvalue weighted by Crippen LogP contribution is 2.25. The predicted molar refractivity (Wildman–Crippen MR) is 76.6 cm³/mol.